The summed E-state index contributed by atoms with van der Waals surface area (Å²) in [5, 5.41) is 0. The van der Waals surface area contributed by atoms with Gasteiger partial charge in [0.1, 0.15) is 16.6 Å². The van der Waals surface area contributed by atoms with Gasteiger partial charge in [-0.15, -0.1) is 0 Å². The number of carbonyl (C=O) groups excluding carboxylic acids is 2. The van der Waals surface area contributed by atoms with Crippen molar-refractivity contribution in [3.05, 3.63) is 34.7 Å². The molecule has 1 aromatic rings. The molecule has 2 rings (SSSR count). The van der Waals surface area contributed by atoms with Crippen LogP contribution in [0.15, 0.2) is 29.2 Å². The van der Waals surface area contributed by atoms with Crippen molar-refractivity contribution in [3.63, 3.8) is 0 Å². The zero-order valence-corrected chi connectivity index (χ0v) is 13.8. The molecule has 1 aromatic carbocycles. The van der Waals surface area contributed by atoms with Gasteiger partial charge < -0.3 is 9.47 Å². The Hall–Kier alpha value is -1.86. The number of methoxy groups -OCH3 is 1. The van der Waals surface area contributed by atoms with Gasteiger partial charge in [0.05, 0.1) is 18.6 Å². The second kappa shape index (κ2) is 7.42. The number of ether oxygens (including phenoxy) is 2. The minimum absolute atomic E-state index is 0.165. The van der Waals surface area contributed by atoms with Gasteiger partial charge in [0, 0.05) is 0 Å². The number of carbonyl (C=O) groups is 2. The second-order valence-electron chi connectivity index (χ2n) is 4.35. The van der Waals surface area contributed by atoms with Crippen molar-refractivity contribution in [3.8, 4) is 5.75 Å². The smallest absolute Gasteiger partial charge is 0.325 e. The lowest BCUT2D eigenvalue weighted by Crippen LogP contribution is -2.33. The maximum atomic E-state index is 12.3. The first kappa shape index (κ1) is 16.5. The third kappa shape index (κ3) is 3.86. The van der Waals surface area contributed by atoms with Crippen LogP contribution < -0.4 is 4.74 Å². The lowest BCUT2D eigenvalue weighted by molar-refractivity contribution is -0.143. The first-order valence-corrected chi connectivity index (χ1v) is 7.82. The van der Waals surface area contributed by atoms with Crippen molar-refractivity contribution in [1.82, 2.24) is 4.90 Å². The summed E-state index contributed by atoms with van der Waals surface area (Å²) < 4.78 is 10.3. The summed E-state index contributed by atoms with van der Waals surface area (Å²) in [6, 6.07) is 7.39. The molecule has 1 aliphatic heterocycles. The molecule has 1 aliphatic rings. The van der Waals surface area contributed by atoms with Crippen LogP contribution >= 0.6 is 24.0 Å². The van der Waals surface area contributed by atoms with E-state index in [0.717, 1.165) is 11.3 Å². The highest BCUT2D eigenvalue weighted by molar-refractivity contribution is 8.26. The predicted molar refractivity (Wildman–Crippen MR) is 89.5 cm³/mol. The molecule has 0 unspecified atom stereocenters. The van der Waals surface area contributed by atoms with Crippen molar-refractivity contribution in [2.75, 3.05) is 20.3 Å². The molecule has 1 saturated heterocycles. The molecule has 0 aliphatic carbocycles. The van der Waals surface area contributed by atoms with Gasteiger partial charge in [-0.3, -0.25) is 14.5 Å². The normalized spacial score (nSPS) is 16.3. The van der Waals surface area contributed by atoms with E-state index in [0.29, 0.717) is 15.8 Å². The highest BCUT2D eigenvalue weighted by Crippen LogP contribution is 2.32. The molecule has 1 amide bonds. The van der Waals surface area contributed by atoms with Gasteiger partial charge in [-0.2, -0.15) is 0 Å². The maximum Gasteiger partial charge on any atom is 0.325 e. The molecule has 5 nitrogen and oxygen atoms in total. The van der Waals surface area contributed by atoms with Gasteiger partial charge in [-0.05, 0) is 30.7 Å². The number of amides is 1. The molecular weight excluding hydrogens is 322 g/mol. The average Bonchev–Trinajstić information content (AvgIpc) is 2.77. The number of nitrogens with zero attached hydrogens (tertiary/aromatic N) is 1. The number of thiocarbonyl (C=S) groups is 1. The number of hydrogen-bond acceptors (Lipinski definition) is 6. The van der Waals surface area contributed by atoms with Crippen molar-refractivity contribution < 1.29 is 19.1 Å². The third-order valence-electron chi connectivity index (χ3n) is 2.88. The lowest BCUT2D eigenvalue weighted by Gasteiger charge is -2.11. The molecule has 0 bridgehead atoms. The highest BCUT2D eigenvalue weighted by atomic mass is 32.2. The number of rotatable bonds is 5. The molecule has 1 fully saturated rings. The van der Waals surface area contributed by atoms with E-state index in [4.69, 9.17) is 17.0 Å². The minimum atomic E-state index is -0.501. The second-order valence-corrected chi connectivity index (χ2v) is 6.02. The molecule has 0 radical (unpaired) electrons. The summed E-state index contributed by atoms with van der Waals surface area (Å²) in [7, 11) is 1.27. The molecule has 0 saturated carbocycles. The van der Waals surface area contributed by atoms with Crippen LogP contribution in [0.5, 0.6) is 5.75 Å². The molecule has 7 heteroatoms. The minimum Gasteiger partial charge on any atom is -0.494 e. The van der Waals surface area contributed by atoms with E-state index in [9.17, 15) is 9.59 Å². The highest BCUT2D eigenvalue weighted by Gasteiger charge is 2.33. The Kier molecular flexibility index (Phi) is 5.57. The fraction of sp³-hybridized carbons (Fsp3) is 0.267. The van der Waals surface area contributed by atoms with Gasteiger partial charge >= 0.3 is 5.97 Å². The van der Waals surface area contributed by atoms with Gasteiger partial charge in [0.2, 0.25) is 0 Å². The SMILES string of the molecule is CCOc1ccc(/C=C2\SC(=S)N(CC(=O)OC)C2=O)cc1. The van der Waals surface area contributed by atoms with E-state index in [1.807, 2.05) is 31.2 Å². The fourth-order valence-corrected chi connectivity index (χ4v) is 3.06. The third-order valence-corrected chi connectivity index (χ3v) is 4.26. The Balaban J connectivity index is 2.13. The van der Waals surface area contributed by atoms with Gasteiger partial charge in [0.25, 0.3) is 5.91 Å². The maximum absolute atomic E-state index is 12.3. The topological polar surface area (TPSA) is 55.8 Å². The first-order chi connectivity index (χ1) is 10.5. The van der Waals surface area contributed by atoms with E-state index < -0.39 is 5.97 Å². The van der Waals surface area contributed by atoms with Crippen LogP contribution in [0, 0.1) is 0 Å². The van der Waals surface area contributed by atoms with Crippen molar-refractivity contribution >= 4 is 46.3 Å². The van der Waals surface area contributed by atoms with Crippen LogP contribution in [0.25, 0.3) is 6.08 Å². The standard InChI is InChI=1S/C15H15NO4S2/c1-3-20-11-6-4-10(5-7-11)8-12-14(18)16(15(21)22-12)9-13(17)19-2/h4-8H,3,9H2,1-2H3/b12-8-. The van der Waals surface area contributed by atoms with E-state index in [2.05, 4.69) is 4.74 Å². The Morgan fingerprint density at radius 1 is 1.36 bits per heavy atom. The van der Waals surface area contributed by atoms with E-state index in [1.165, 1.54) is 23.8 Å². The van der Waals surface area contributed by atoms with Crippen LogP contribution in [0.3, 0.4) is 0 Å². The summed E-state index contributed by atoms with van der Waals surface area (Å²) in [4.78, 5) is 25.3. The lowest BCUT2D eigenvalue weighted by atomic mass is 10.2. The summed E-state index contributed by atoms with van der Waals surface area (Å²) in [6.45, 7) is 2.36. The average molecular weight is 337 g/mol. The van der Waals surface area contributed by atoms with Gasteiger partial charge in [0.15, 0.2) is 0 Å². The number of esters is 1. The summed E-state index contributed by atoms with van der Waals surface area (Å²) in [5.74, 6) is -0.00853. The van der Waals surface area contributed by atoms with Crippen LogP contribution in [0.4, 0.5) is 0 Å². The molecule has 0 atom stereocenters. The van der Waals surface area contributed by atoms with E-state index in [1.54, 1.807) is 6.08 Å². The Morgan fingerprint density at radius 2 is 2.05 bits per heavy atom. The van der Waals surface area contributed by atoms with Crippen LogP contribution in [-0.4, -0.2) is 41.4 Å². The number of thioether (sulfide) groups is 1. The predicted octanol–water partition coefficient (Wildman–Crippen LogP) is 2.46. The van der Waals surface area contributed by atoms with Crippen molar-refractivity contribution in [2.45, 2.75) is 6.92 Å². The van der Waals surface area contributed by atoms with Crippen molar-refractivity contribution in [2.24, 2.45) is 0 Å². The zero-order valence-electron chi connectivity index (χ0n) is 12.2. The first-order valence-electron chi connectivity index (χ1n) is 6.60. The van der Waals surface area contributed by atoms with Gasteiger partial charge in [-0.1, -0.05) is 36.1 Å². The Bertz CT molecular complexity index is 625. The van der Waals surface area contributed by atoms with E-state index >= 15 is 0 Å². The Labute approximate surface area is 138 Å². The van der Waals surface area contributed by atoms with Crippen molar-refractivity contribution in [1.29, 1.82) is 0 Å². The number of hydrogen-bond donors (Lipinski definition) is 0. The Morgan fingerprint density at radius 3 is 2.64 bits per heavy atom. The summed E-state index contributed by atoms with van der Waals surface area (Å²) in [5.41, 5.74) is 0.863. The molecule has 0 N–H and O–H groups in total. The summed E-state index contributed by atoms with van der Waals surface area (Å²) in [6.07, 6.45) is 1.74. The van der Waals surface area contributed by atoms with E-state index in [-0.39, 0.29) is 12.5 Å². The molecule has 0 aromatic heterocycles. The number of benzene rings is 1. The largest absolute Gasteiger partial charge is 0.494 e. The monoisotopic (exact) mass is 337 g/mol. The van der Waals surface area contributed by atoms with Crippen LogP contribution in [0.1, 0.15) is 12.5 Å². The zero-order chi connectivity index (χ0) is 16.1. The summed E-state index contributed by atoms with van der Waals surface area (Å²) >= 11 is 6.31. The quantitative estimate of drug-likeness (QED) is 0.467. The van der Waals surface area contributed by atoms with Gasteiger partial charge in [-0.25, -0.2) is 0 Å². The molecule has 116 valence electrons. The van der Waals surface area contributed by atoms with Crippen LogP contribution in [0.2, 0.25) is 0 Å². The fourth-order valence-electron chi connectivity index (χ4n) is 1.81. The molecule has 22 heavy (non-hydrogen) atoms. The van der Waals surface area contributed by atoms with Crippen LogP contribution in [-0.2, 0) is 14.3 Å². The molecule has 0 spiro atoms. The molecule has 1 heterocycles. The molecular formula is C15H15NO4S2.